The fourth-order valence-corrected chi connectivity index (χ4v) is 4.59. The Labute approximate surface area is 166 Å². The Balaban J connectivity index is 1.63. The number of carbonyl (C=O) groups is 1. The van der Waals surface area contributed by atoms with Gasteiger partial charge in [-0.3, -0.25) is 9.69 Å². The molecule has 1 aromatic heterocycles. The number of piperidine rings is 1. The van der Waals surface area contributed by atoms with Crippen LogP contribution in [0.5, 0.6) is 0 Å². The molecule has 6 heteroatoms. The maximum Gasteiger partial charge on any atom is 0.257 e. The summed E-state index contributed by atoms with van der Waals surface area (Å²) in [7, 11) is 1.77. The standard InChI is InChI=1S/C22H28N4O2/c1-23-20-18(10-7-12-24-20)21(27)26-15-11-22(28,17-8-3-2-4-9-17)19(16-26)25-13-5-6-14-25/h2-4,7-10,12,19,28H,5-6,11,13-16H2,1H3,(H,23,24)/t19-,22+/m1/s1. The summed E-state index contributed by atoms with van der Waals surface area (Å²) in [5.41, 5.74) is 0.579. The smallest absolute Gasteiger partial charge is 0.257 e. The van der Waals surface area contributed by atoms with E-state index in [2.05, 4.69) is 15.2 Å². The maximum atomic E-state index is 13.2. The molecule has 1 aromatic carbocycles. The zero-order chi connectivity index (χ0) is 19.6. The second-order valence-electron chi connectivity index (χ2n) is 7.70. The second kappa shape index (κ2) is 7.89. The summed E-state index contributed by atoms with van der Waals surface area (Å²) in [4.78, 5) is 21.7. The number of likely N-dealkylation sites (tertiary alicyclic amines) is 2. The number of aromatic nitrogens is 1. The van der Waals surface area contributed by atoms with E-state index in [1.807, 2.05) is 41.3 Å². The molecule has 2 atom stereocenters. The SMILES string of the molecule is CNc1ncccc1C(=O)N1CC[C@](O)(c2ccccc2)[C@H](N2CCCC2)C1. The van der Waals surface area contributed by atoms with Gasteiger partial charge < -0.3 is 15.3 Å². The highest BCUT2D eigenvalue weighted by Crippen LogP contribution is 2.37. The van der Waals surface area contributed by atoms with Gasteiger partial charge >= 0.3 is 0 Å². The third kappa shape index (κ3) is 3.38. The Kier molecular flexibility index (Phi) is 5.33. The van der Waals surface area contributed by atoms with E-state index in [0.29, 0.717) is 30.9 Å². The van der Waals surface area contributed by atoms with Crippen molar-refractivity contribution in [1.82, 2.24) is 14.8 Å². The summed E-state index contributed by atoms with van der Waals surface area (Å²) in [5.74, 6) is 0.561. The van der Waals surface area contributed by atoms with Gasteiger partial charge in [0, 0.05) is 26.3 Å². The first-order chi connectivity index (χ1) is 13.6. The number of carbonyl (C=O) groups excluding carboxylic acids is 1. The quantitative estimate of drug-likeness (QED) is 0.852. The lowest BCUT2D eigenvalue weighted by Gasteiger charge is -2.48. The van der Waals surface area contributed by atoms with E-state index in [9.17, 15) is 9.90 Å². The monoisotopic (exact) mass is 380 g/mol. The van der Waals surface area contributed by atoms with E-state index in [4.69, 9.17) is 0 Å². The average molecular weight is 380 g/mol. The molecule has 2 N–H and O–H groups in total. The Morgan fingerprint density at radius 2 is 1.89 bits per heavy atom. The molecule has 0 unspecified atom stereocenters. The molecular weight excluding hydrogens is 352 g/mol. The zero-order valence-electron chi connectivity index (χ0n) is 16.3. The van der Waals surface area contributed by atoms with E-state index in [1.165, 1.54) is 0 Å². The molecule has 0 spiro atoms. The first-order valence-corrected chi connectivity index (χ1v) is 10.1. The summed E-state index contributed by atoms with van der Waals surface area (Å²) < 4.78 is 0. The van der Waals surface area contributed by atoms with Crippen LogP contribution in [0.4, 0.5) is 5.82 Å². The molecule has 6 nitrogen and oxygen atoms in total. The first kappa shape index (κ1) is 18.9. The summed E-state index contributed by atoms with van der Waals surface area (Å²) in [6, 6.07) is 13.4. The van der Waals surface area contributed by atoms with E-state index in [1.54, 1.807) is 19.3 Å². The van der Waals surface area contributed by atoms with E-state index in [-0.39, 0.29) is 11.9 Å². The van der Waals surface area contributed by atoms with Crippen molar-refractivity contribution in [2.24, 2.45) is 0 Å². The van der Waals surface area contributed by atoms with Crippen molar-refractivity contribution in [2.45, 2.75) is 30.9 Å². The lowest BCUT2D eigenvalue weighted by Crippen LogP contribution is -2.61. The van der Waals surface area contributed by atoms with Gasteiger partial charge in [0.05, 0.1) is 11.6 Å². The number of hydrogen-bond donors (Lipinski definition) is 2. The number of anilines is 1. The van der Waals surface area contributed by atoms with Gasteiger partial charge in [-0.25, -0.2) is 4.98 Å². The third-order valence-corrected chi connectivity index (χ3v) is 6.12. The van der Waals surface area contributed by atoms with Crippen molar-refractivity contribution in [3.05, 3.63) is 59.8 Å². The third-order valence-electron chi connectivity index (χ3n) is 6.12. The average Bonchev–Trinajstić information content (AvgIpc) is 3.28. The van der Waals surface area contributed by atoms with Crippen molar-refractivity contribution >= 4 is 11.7 Å². The van der Waals surface area contributed by atoms with E-state index < -0.39 is 5.60 Å². The molecule has 2 aliphatic heterocycles. The molecule has 4 rings (SSSR count). The van der Waals surface area contributed by atoms with Crippen LogP contribution in [0.25, 0.3) is 0 Å². The number of nitrogens with zero attached hydrogens (tertiary/aromatic N) is 3. The number of nitrogens with one attached hydrogen (secondary N) is 1. The van der Waals surface area contributed by atoms with Crippen LogP contribution in [-0.4, -0.2) is 65.1 Å². The van der Waals surface area contributed by atoms with Crippen molar-refractivity contribution in [3.8, 4) is 0 Å². The molecule has 2 saturated heterocycles. The fraction of sp³-hybridized carbons (Fsp3) is 0.455. The van der Waals surface area contributed by atoms with Crippen LogP contribution in [0.3, 0.4) is 0 Å². The highest BCUT2D eigenvalue weighted by atomic mass is 16.3. The van der Waals surface area contributed by atoms with E-state index in [0.717, 1.165) is 31.5 Å². The molecule has 0 radical (unpaired) electrons. The topological polar surface area (TPSA) is 68.7 Å². The Hall–Kier alpha value is -2.44. The zero-order valence-corrected chi connectivity index (χ0v) is 16.3. The minimum absolute atomic E-state index is 0.0308. The molecule has 3 heterocycles. The predicted molar refractivity (Wildman–Crippen MR) is 109 cm³/mol. The number of pyridine rings is 1. The Bertz CT molecular complexity index is 822. The van der Waals surface area contributed by atoms with Gasteiger partial charge in [-0.2, -0.15) is 0 Å². The fourth-order valence-electron chi connectivity index (χ4n) is 4.59. The van der Waals surface area contributed by atoms with Gasteiger partial charge in [0.25, 0.3) is 5.91 Å². The lowest BCUT2D eigenvalue weighted by atomic mass is 9.79. The van der Waals surface area contributed by atoms with Crippen molar-refractivity contribution in [3.63, 3.8) is 0 Å². The molecule has 0 aliphatic carbocycles. The molecule has 0 saturated carbocycles. The summed E-state index contributed by atoms with van der Waals surface area (Å²) >= 11 is 0. The Morgan fingerprint density at radius 1 is 1.14 bits per heavy atom. The van der Waals surface area contributed by atoms with Crippen molar-refractivity contribution < 1.29 is 9.90 Å². The molecule has 0 bridgehead atoms. The highest BCUT2D eigenvalue weighted by molar-refractivity contribution is 5.98. The van der Waals surface area contributed by atoms with Crippen LogP contribution < -0.4 is 5.32 Å². The number of aliphatic hydroxyl groups is 1. The summed E-state index contributed by atoms with van der Waals surface area (Å²) in [6.45, 7) is 2.97. The van der Waals surface area contributed by atoms with Crippen LogP contribution in [0.1, 0.15) is 35.2 Å². The normalized spacial score (nSPS) is 25.6. The minimum Gasteiger partial charge on any atom is -0.383 e. The van der Waals surface area contributed by atoms with Crippen LogP contribution in [0, 0.1) is 0 Å². The van der Waals surface area contributed by atoms with Gasteiger partial charge in [0.1, 0.15) is 11.4 Å². The molecule has 28 heavy (non-hydrogen) atoms. The number of rotatable bonds is 4. The summed E-state index contributed by atoms with van der Waals surface area (Å²) in [5, 5.41) is 14.7. The van der Waals surface area contributed by atoms with Crippen LogP contribution in [0.2, 0.25) is 0 Å². The van der Waals surface area contributed by atoms with Crippen LogP contribution >= 0.6 is 0 Å². The van der Waals surface area contributed by atoms with Crippen molar-refractivity contribution in [2.75, 3.05) is 38.5 Å². The van der Waals surface area contributed by atoms with Gasteiger partial charge in [0.2, 0.25) is 0 Å². The predicted octanol–water partition coefficient (Wildman–Crippen LogP) is 2.32. The number of benzene rings is 1. The first-order valence-electron chi connectivity index (χ1n) is 10.1. The molecule has 148 valence electrons. The second-order valence-corrected chi connectivity index (χ2v) is 7.70. The number of amides is 1. The van der Waals surface area contributed by atoms with Crippen LogP contribution in [0.15, 0.2) is 48.7 Å². The largest absolute Gasteiger partial charge is 0.383 e. The molecule has 1 amide bonds. The molecule has 2 fully saturated rings. The lowest BCUT2D eigenvalue weighted by molar-refractivity contribution is -0.0877. The maximum absolute atomic E-state index is 13.2. The van der Waals surface area contributed by atoms with Gasteiger partial charge in [-0.1, -0.05) is 30.3 Å². The molecule has 2 aliphatic rings. The Morgan fingerprint density at radius 3 is 2.61 bits per heavy atom. The number of hydrogen-bond acceptors (Lipinski definition) is 5. The summed E-state index contributed by atoms with van der Waals surface area (Å²) in [6.07, 6.45) is 4.49. The van der Waals surface area contributed by atoms with Gasteiger partial charge in [-0.05, 0) is 50.0 Å². The minimum atomic E-state index is -0.941. The van der Waals surface area contributed by atoms with Gasteiger partial charge in [-0.15, -0.1) is 0 Å². The molecule has 2 aromatic rings. The van der Waals surface area contributed by atoms with E-state index >= 15 is 0 Å². The molecular formula is C22H28N4O2. The van der Waals surface area contributed by atoms with Crippen LogP contribution in [-0.2, 0) is 5.60 Å². The highest BCUT2D eigenvalue weighted by Gasteiger charge is 2.47. The van der Waals surface area contributed by atoms with Gasteiger partial charge in [0.15, 0.2) is 0 Å². The van der Waals surface area contributed by atoms with Crippen molar-refractivity contribution in [1.29, 1.82) is 0 Å².